The number of imidazole rings is 1. The maximum absolute atomic E-state index is 13.2. The number of nitrogens with one attached hydrogen (secondary N) is 2. The Hall–Kier alpha value is -5.05. The van der Waals surface area contributed by atoms with E-state index < -0.39 is 17.9 Å². The summed E-state index contributed by atoms with van der Waals surface area (Å²) in [7, 11) is 2.86. The van der Waals surface area contributed by atoms with Crippen LogP contribution in [0.25, 0.3) is 10.9 Å². The second-order valence-electron chi connectivity index (χ2n) is 9.32. The summed E-state index contributed by atoms with van der Waals surface area (Å²) in [5.41, 5.74) is 3.81. The molecule has 5 aromatic rings. The Morgan fingerprint density at radius 3 is 2.38 bits per heavy atom. The van der Waals surface area contributed by atoms with E-state index in [4.69, 9.17) is 14.2 Å². The number of carbonyl (C=O) groups is 2. The molecule has 1 amide bonds. The van der Waals surface area contributed by atoms with Crippen molar-refractivity contribution in [3.05, 3.63) is 114 Å². The summed E-state index contributed by atoms with van der Waals surface area (Å²) < 4.78 is 18.4. The molecule has 1 unspecified atom stereocenters. The second-order valence-corrected chi connectivity index (χ2v) is 9.32. The Morgan fingerprint density at radius 1 is 0.950 bits per heavy atom. The fraction of sp³-hybridized carbons (Fsp3) is 0.194. The van der Waals surface area contributed by atoms with Gasteiger partial charge >= 0.3 is 5.97 Å². The summed E-state index contributed by atoms with van der Waals surface area (Å²) in [5, 5.41) is 3.55. The highest BCUT2D eigenvalue weighted by Gasteiger charge is 2.25. The van der Waals surface area contributed by atoms with Gasteiger partial charge in [0, 0.05) is 36.1 Å². The molecule has 0 aliphatic carbocycles. The van der Waals surface area contributed by atoms with Crippen LogP contribution in [0.5, 0.6) is 11.5 Å². The number of aromatic nitrogens is 3. The summed E-state index contributed by atoms with van der Waals surface area (Å²) in [6, 6.07) is 24.2. The van der Waals surface area contributed by atoms with Crippen LogP contribution in [-0.2, 0) is 29.1 Å². The summed E-state index contributed by atoms with van der Waals surface area (Å²) >= 11 is 0. The molecule has 0 saturated heterocycles. The Kier molecular flexibility index (Phi) is 8.10. The summed E-state index contributed by atoms with van der Waals surface area (Å²) in [4.78, 5) is 33.3. The minimum absolute atomic E-state index is 0.186. The average molecular weight is 539 g/mol. The van der Waals surface area contributed by atoms with Gasteiger partial charge in [-0.05, 0) is 23.3 Å². The first-order valence-corrected chi connectivity index (χ1v) is 12.8. The lowest BCUT2D eigenvalue weighted by Crippen LogP contribution is -2.43. The largest absolute Gasteiger partial charge is 0.493 e. The van der Waals surface area contributed by atoms with Gasteiger partial charge in [0.1, 0.15) is 18.3 Å². The molecule has 204 valence electrons. The average Bonchev–Trinajstić information content (AvgIpc) is 3.62. The molecule has 0 aliphatic rings. The van der Waals surface area contributed by atoms with Gasteiger partial charge in [-0.25, -0.2) is 9.78 Å². The van der Waals surface area contributed by atoms with E-state index in [1.54, 1.807) is 31.6 Å². The van der Waals surface area contributed by atoms with Crippen LogP contribution in [0.1, 0.15) is 27.3 Å². The number of ether oxygens (including phenoxy) is 3. The number of aromatic amines is 1. The third kappa shape index (κ3) is 6.32. The van der Waals surface area contributed by atoms with E-state index in [1.165, 1.54) is 7.11 Å². The van der Waals surface area contributed by atoms with Gasteiger partial charge < -0.3 is 29.1 Å². The monoisotopic (exact) mass is 538 g/mol. The third-order valence-electron chi connectivity index (χ3n) is 6.49. The fourth-order valence-electron chi connectivity index (χ4n) is 4.44. The van der Waals surface area contributed by atoms with Crippen LogP contribution in [0.4, 0.5) is 0 Å². The van der Waals surface area contributed by atoms with Gasteiger partial charge in [0.05, 0.1) is 26.2 Å². The second kappa shape index (κ2) is 12.2. The van der Waals surface area contributed by atoms with Crippen LogP contribution in [0.2, 0.25) is 0 Å². The van der Waals surface area contributed by atoms with Crippen molar-refractivity contribution in [3.8, 4) is 11.5 Å². The lowest BCUT2D eigenvalue weighted by atomic mass is 10.1. The van der Waals surface area contributed by atoms with Gasteiger partial charge in [0.2, 0.25) is 0 Å². The number of amides is 1. The lowest BCUT2D eigenvalue weighted by Gasteiger charge is -2.15. The lowest BCUT2D eigenvalue weighted by molar-refractivity contribution is -0.142. The van der Waals surface area contributed by atoms with Crippen molar-refractivity contribution in [1.82, 2.24) is 19.9 Å². The highest BCUT2D eigenvalue weighted by molar-refractivity contribution is 6.00. The highest BCUT2D eigenvalue weighted by Crippen LogP contribution is 2.33. The number of hydrogen-bond acceptors (Lipinski definition) is 6. The molecule has 0 aliphatic heterocycles. The molecule has 2 N–H and O–H groups in total. The minimum atomic E-state index is -0.914. The third-order valence-corrected chi connectivity index (χ3v) is 6.49. The zero-order valence-corrected chi connectivity index (χ0v) is 22.3. The molecule has 40 heavy (non-hydrogen) atoms. The van der Waals surface area contributed by atoms with Crippen molar-refractivity contribution in [1.29, 1.82) is 0 Å². The number of benzene rings is 3. The quantitative estimate of drug-likeness (QED) is 0.240. The van der Waals surface area contributed by atoms with Crippen molar-refractivity contribution in [3.63, 3.8) is 0 Å². The first-order chi connectivity index (χ1) is 19.5. The smallest absolute Gasteiger partial charge is 0.328 e. The van der Waals surface area contributed by atoms with Gasteiger partial charge in [-0.3, -0.25) is 4.79 Å². The Bertz CT molecular complexity index is 1590. The van der Waals surface area contributed by atoms with Crippen LogP contribution >= 0.6 is 0 Å². The first-order valence-electron chi connectivity index (χ1n) is 12.8. The molecule has 0 radical (unpaired) electrons. The van der Waals surface area contributed by atoms with Crippen molar-refractivity contribution in [2.24, 2.45) is 0 Å². The van der Waals surface area contributed by atoms with Crippen molar-refractivity contribution in [2.45, 2.75) is 25.6 Å². The first kappa shape index (κ1) is 26.6. The van der Waals surface area contributed by atoms with Crippen LogP contribution in [-0.4, -0.2) is 46.7 Å². The van der Waals surface area contributed by atoms with E-state index in [9.17, 15) is 9.59 Å². The highest BCUT2D eigenvalue weighted by atomic mass is 16.5. The van der Waals surface area contributed by atoms with Crippen molar-refractivity contribution < 1.29 is 23.8 Å². The molecule has 2 aromatic heterocycles. The minimum Gasteiger partial charge on any atom is -0.493 e. The maximum atomic E-state index is 13.2. The number of methoxy groups -OCH3 is 2. The molecule has 9 heteroatoms. The van der Waals surface area contributed by atoms with Gasteiger partial charge in [-0.1, -0.05) is 60.7 Å². The SMILES string of the molecule is COC(=O)C(Cc1cn(Cc2ccccc2)cn1)NC(=O)c1cc2cc(OC)c(OCc3ccccc3)cc2[nH]1. The molecule has 0 saturated carbocycles. The molecular weight excluding hydrogens is 508 g/mol. The number of H-pyrrole nitrogens is 1. The van der Waals surface area contributed by atoms with E-state index in [2.05, 4.69) is 15.3 Å². The van der Waals surface area contributed by atoms with Gasteiger partial charge in [0.25, 0.3) is 5.91 Å². The Labute approximate surface area is 231 Å². The van der Waals surface area contributed by atoms with Crippen LogP contribution in [0, 0.1) is 0 Å². The molecule has 9 nitrogen and oxygen atoms in total. The molecule has 2 heterocycles. The Balaban J connectivity index is 1.29. The Morgan fingerprint density at radius 2 is 1.68 bits per heavy atom. The predicted octanol–water partition coefficient (Wildman–Crippen LogP) is 4.51. The van der Waals surface area contributed by atoms with Crippen molar-refractivity contribution >= 4 is 22.8 Å². The molecule has 3 aromatic carbocycles. The number of esters is 1. The molecule has 5 rings (SSSR count). The van der Waals surface area contributed by atoms with E-state index in [0.717, 1.165) is 16.5 Å². The van der Waals surface area contributed by atoms with Gasteiger partial charge in [0.15, 0.2) is 11.5 Å². The topological polar surface area (TPSA) is 107 Å². The zero-order valence-electron chi connectivity index (χ0n) is 22.3. The summed E-state index contributed by atoms with van der Waals surface area (Å²) in [6.45, 7) is 1.03. The molecule has 0 fully saturated rings. The fourth-order valence-corrected chi connectivity index (χ4v) is 4.44. The summed E-state index contributed by atoms with van der Waals surface area (Å²) in [5.74, 6) is 0.0977. The summed E-state index contributed by atoms with van der Waals surface area (Å²) in [6.07, 6.45) is 3.76. The number of fused-ring (bicyclic) bond motifs is 1. The maximum Gasteiger partial charge on any atom is 0.328 e. The number of hydrogen-bond donors (Lipinski definition) is 2. The number of carbonyl (C=O) groups excluding carboxylic acids is 2. The molecule has 1 atom stereocenters. The van der Waals surface area contributed by atoms with Gasteiger partial charge in [-0.15, -0.1) is 0 Å². The van der Waals surface area contributed by atoms with E-state index in [0.29, 0.717) is 41.6 Å². The standard InChI is InChI=1S/C31H30N4O5/c1-38-28-14-23-13-26(33-25(23)16-29(28)40-19-22-11-7-4-8-12-22)30(36)34-27(31(37)39-2)15-24-18-35(20-32-24)17-21-9-5-3-6-10-21/h3-14,16,18,20,27,33H,15,17,19H2,1-2H3,(H,34,36). The predicted molar refractivity (Wildman–Crippen MR) is 150 cm³/mol. The van der Waals surface area contributed by atoms with Crippen LogP contribution in [0.3, 0.4) is 0 Å². The van der Waals surface area contributed by atoms with E-state index in [-0.39, 0.29) is 6.42 Å². The number of nitrogens with zero attached hydrogens (tertiary/aromatic N) is 2. The van der Waals surface area contributed by atoms with Crippen LogP contribution in [0.15, 0.2) is 91.4 Å². The van der Waals surface area contributed by atoms with Gasteiger partial charge in [-0.2, -0.15) is 0 Å². The zero-order chi connectivity index (χ0) is 27.9. The molecule has 0 bridgehead atoms. The van der Waals surface area contributed by atoms with Crippen LogP contribution < -0.4 is 14.8 Å². The van der Waals surface area contributed by atoms with E-state index >= 15 is 0 Å². The van der Waals surface area contributed by atoms with E-state index in [1.807, 2.05) is 71.4 Å². The molecular formula is C31H30N4O5. The van der Waals surface area contributed by atoms with Crippen molar-refractivity contribution in [2.75, 3.05) is 14.2 Å². The number of rotatable bonds is 11. The normalized spacial score (nSPS) is 11.7. The molecule has 0 spiro atoms.